The van der Waals surface area contributed by atoms with Crippen LogP contribution in [-0.2, 0) is 18.0 Å². The number of piperazine rings is 1. The molecule has 1 aromatic heterocycles. The Morgan fingerprint density at radius 1 is 1.05 bits per heavy atom. The summed E-state index contributed by atoms with van der Waals surface area (Å²) in [6.45, 7) is 5.04. The number of benzene rings is 2. The fourth-order valence-corrected chi connectivity index (χ4v) is 4.17. The molecule has 3 aromatic rings. The summed E-state index contributed by atoms with van der Waals surface area (Å²) in [6, 6.07) is 11.1. The molecule has 4 rings (SSSR count). The van der Waals surface area contributed by atoms with Gasteiger partial charge in [0.25, 0.3) is 5.91 Å². The van der Waals surface area contributed by atoms with Crippen molar-refractivity contribution >= 4 is 17.9 Å². The first-order valence-corrected chi connectivity index (χ1v) is 11.9. The van der Waals surface area contributed by atoms with Gasteiger partial charge in [-0.05, 0) is 48.5 Å². The number of anilines is 1. The van der Waals surface area contributed by atoms with Gasteiger partial charge in [0.05, 0.1) is 17.8 Å². The van der Waals surface area contributed by atoms with Crippen molar-refractivity contribution in [3.8, 4) is 17.0 Å². The number of carbonyl (C=O) groups is 2. The van der Waals surface area contributed by atoms with Crippen molar-refractivity contribution in [3.05, 3.63) is 65.9 Å². The molecule has 2 aromatic carbocycles. The third-order valence-corrected chi connectivity index (χ3v) is 6.27. The van der Waals surface area contributed by atoms with Crippen LogP contribution in [0.1, 0.15) is 15.9 Å². The second-order valence-electron chi connectivity index (χ2n) is 8.74. The summed E-state index contributed by atoms with van der Waals surface area (Å²) in [5.41, 5.74) is 1.28. The number of alkyl halides is 3. The predicted molar refractivity (Wildman–Crippen MR) is 132 cm³/mol. The van der Waals surface area contributed by atoms with E-state index in [0.29, 0.717) is 24.6 Å². The molecule has 0 bridgehead atoms. The SMILES string of the molecule is Cn1nccc1-c1cc(NC(=O)c2ccc(C(F)(F)F)cc2)ccc1OCCN1CCN(CC=O)CC1. The van der Waals surface area contributed by atoms with Gasteiger partial charge < -0.3 is 14.8 Å². The van der Waals surface area contributed by atoms with Crippen LogP contribution in [0.3, 0.4) is 0 Å². The van der Waals surface area contributed by atoms with E-state index in [1.807, 2.05) is 6.07 Å². The number of aldehydes is 1. The van der Waals surface area contributed by atoms with Crippen molar-refractivity contribution in [2.75, 3.05) is 51.2 Å². The molecule has 0 radical (unpaired) electrons. The van der Waals surface area contributed by atoms with Crippen LogP contribution >= 0.6 is 0 Å². The number of halogens is 3. The third-order valence-electron chi connectivity index (χ3n) is 6.27. The number of nitrogens with one attached hydrogen (secondary N) is 1. The molecule has 0 saturated carbocycles. The molecule has 1 aliphatic rings. The Bertz CT molecular complexity index is 1220. The molecule has 0 aliphatic carbocycles. The highest BCUT2D eigenvalue weighted by molar-refractivity contribution is 6.04. The smallest absolute Gasteiger partial charge is 0.416 e. The number of rotatable bonds is 9. The molecule has 11 heteroatoms. The minimum absolute atomic E-state index is 0.114. The van der Waals surface area contributed by atoms with Crippen molar-refractivity contribution in [2.24, 2.45) is 7.05 Å². The van der Waals surface area contributed by atoms with E-state index in [1.54, 1.807) is 36.1 Å². The van der Waals surface area contributed by atoms with E-state index >= 15 is 0 Å². The lowest BCUT2D eigenvalue weighted by Crippen LogP contribution is -2.47. The summed E-state index contributed by atoms with van der Waals surface area (Å²) < 4.78 is 46.3. The zero-order valence-corrected chi connectivity index (χ0v) is 20.4. The van der Waals surface area contributed by atoms with Crippen molar-refractivity contribution in [1.82, 2.24) is 19.6 Å². The van der Waals surface area contributed by atoms with E-state index in [4.69, 9.17) is 4.74 Å². The molecule has 1 saturated heterocycles. The van der Waals surface area contributed by atoms with Crippen molar-refractivity contribution in [1.29, 1.82) is 0 Å². The molecule has 0 spiro atoms. The molecule has 1 N–H and O–H groups in total. The second kappa shape index (κ2) is 11.6. The average molecular weight is 516 g/mol. The van der Waals surface area contributed by atoms with Gasteiger partial charge in [-0.2, -0.15) is 18.3 Å². The predicted octanol–water partition coefficient (Wildman–Crippen LogP) is 3.55. The van der Waals surface area contributed by atoms with Gasteiger partial charge in [-0.15, -0.1) is 0 Å². The quantitative estimate of drug-likeness (QED) is 0.439. The Kier molecular flexibility index (Phi) is 8.24. The number of ether oxygens (including phenoxy) is 1. The maximum absolute atomic E-state index is 12.8. The van der Waals surface area contributed by atoms with Gasteiger partial charge in [-0.25, -0.2) is 0 Å². The second-order valence-corrected chi connectivity index (χ2v) is 8.74. The Morgan fingerprint density at radius 3 is 2.38 bits per heavy atom. The standard InChI is InChI=1S/C26H28F3N5O3/c1-32-23(8-9-30-32)22-18-21(31-25(36)19-2-4-20(5-3-19)26(27,28)29)6-7-24(22)37-17-15-34-12-10-33(11-13-34)14-16-35/h2-9,16,18H,10-15,17H2,1H3,(H,31,36). The van der Waals surface area contributed by atoms with Gasteiger partial charge in [-0.3, -0.25) is 19.3 Å². The highest BCUT2D eigenvalue weighted by Gasteiger charge is 2.30. The van der Waals surface area contributed by atoms with Gasteiger partial charge in [0.2, 0.25) is 0 Å². The summed E-state index contributed by atoms with van der Waals surface area (Å²) in [5, 5.41) is 6.97. The Labute approximate surface area is 212 Å². The topological polar surface area (TPSA) is 79.7 Å². The van der Waals surface area contributed by atoms with Crippen LogP contribution in [0.2, 0.25) is 0 Å². The Hall–Kier alpha value is -3.70. The van der Waals surface area contributed by atoms with Crippen LogP contribution in [0.4, 0.5) is 18.9 Å². The largest absolute Gasteiger partial charge is 0.492 e. The van der Waals surface area contributed by atoms with Crippen LogP contribution in [0.25, 0.3) is 11.3 Å². The Morgan fingerprint density at radius 2 is 1.76 bits per heavy atom. The van der Waals surface area contributed by atoms with E-state index in [9.17, 15) is 22.8 Å². The van der Waals surface area contributed by atoms with Gasteiger partial charge >= 0.3 is 6.18 Å². The monoisotopic (exact) mass is 515 g/mol. The van der Waals surface area contributed by atoms with Crippen LogP contribution in [0.15, 0.2) is 54.7 Å². The molecule has 8 nitrogen and oxygen atoms in total. The van der Waals surface area contributed by atoms with Gasteiger partial charge in [-0.1, -0.05) is 0 Å². The van der Waals surface area contributed by atoms with Crippen LogP contribution in [0.5, 0.6) is 5.75 Å². The first-order valence-electron chi connectivity index (χ1n) is 11.9. The van der Waals surface area contributed by atoms with E-state index in [1.165, 1.54) is 0 Å². The molecule has 2 heterocycles. The number of nitrogens with zero attached hydrogens (tertiary/aromatic N) is 4. The number of amides is 1. The van der Waals surface area contributed by atoms with E-state index in [0.717, 1.165) is 74.5 Å². The minimum atomic E-state index is -4.46. The lowest BCUT2D eigenvalue weighted by atomic mass is 10.1. The molecule has 1 amide bonds. The molecular weight excluding hydrogens is 487 g/mol. The molecule has 1 fully saturated rings. The maximum Gasteiger partial charge on any atom is 0.416 e. The van der Waals surface area contributed by atoms with Crippen molar-refractivity contribution in [2.45, 2.75) is 6.18 Å². The fourth-order valence-electron chi connectivity index (χ4n) is 4.17. The normalized spacial score (nSPS) is 14.9. The maximum atomic E-state index is 12.8. The van der Waals surface area contributed by atoms with Gasteiger partial charge in [0.1, 0.15) is 18.6 Å². The molecular formula is C26H28F3N5O3. The minimum Gasteiger partial charge on any atom is -0.492 e. The summed E-state index contributed by atoms with van der Waals surface area (Å²) in [6.07, 6.45) is -1.88. The molecule has 0 atom stereocenters. The number of hydrogen-bond acceptors (Lipinski definition) is 6. The lowest BCUT2D eigenvalue weighted by molar-refractivity contribution is -0.137. The average Bonchev–Trinajstić information content (AvgIpc) is 3.31. The third kappa shape index (κ3) is 6.75. The van der Waals surface area contributed by atoms with Gasteiger partial charge in [0.15, 0.2) is 0 Å². The zero-order chi connectivity index (χ0) is 26.4. The molecule has 1 aliphatic heterocycles. The highest BCUT2D eigenvalue weighted by Crippen LogP contribution is 2.33. The van der Waals surface area contributed by atoms with Crippen molar-refractivity contribution < 1.29 is 27.5 Å². The number of aromatic nitrogens is 2. The number of carbonyl (C=O) groups excluding carboxylic acids is 2. The van der Waals surface area contributed by atoms with Crippen LogP contribution < -0.4 is 10.1 Å². The first kappa shape index (κ1) is 26.4. The van der Waals surface area contributed by atoms with Crippen LogP contribution in [-0.4, -0.2) is 77.6 Å². The fraction of sp³-hybridized carbons (Fsp3) is 0.346. The number of aryl methyl sites for hydroxylation is 1. The van der Waals surface area contributed by atoms with E-state index in [-0.39, 0.29) is 5.56 Å². The Balaban J connectivity index is 1.44. The summed E-state index contributed by atoms with van der Waals surface area (Å²) in [7, 11) is 1.80. The number of hydrogen-bond donors (Lipinski definition) is 1. The molecule has 37 heavy (non-hydrogen) atoms. The first-order chi connectivity index (χ1) is 17.7. The lowest BCUT2D eigenvalue weighted by Gasteiger charge is -2.33. The summed E-state index contributed by atoms with van der Waals surface area (Å²) in [4.78, 5) is 27.8. The van der Waals surface area contributed by atoms with E-state index in [2.05, 4.69) is 20.2 Å². The zero-order valence-electron chi connectivity index (χ0n) is 20.4. The van der Waals surface area contributed by atoms with Crippen molar-refractivity contribution in [3.63, 3.8) is 0 Å². The summed E-state index contributed by atoms with van der Waals surface area (Å²) >= 11 is 0. The van der Waals surface area contributed by atoms with Gasteiger partial charge in [0, 0.05) is 62.8 Å². The highest BCUT2D eigenvalue weighted by atomic mass is 19.4. The van der Waals surface area contributed by atoms with E-state index < -0.39 is 17.6 Å². The molecule has 196 valence electrons. The van der Waals surface area contributed by atoms with Crippen LogP contribution in [0, 0.1) is 0 Å². The summed E-state index contributed by atoms with van der Waals surface area (Å²) in [5.74, 6) is 0.0998. The molecule has 0 unspecified atom stereocenters.